The summed E-state index contributed by atoms with van der Waals surface area (Å²) in [6, 6.07) is 5.89. The molecule has 0 atom stereocenters. The Morgan fingerprint density at radius 3 is 3.08 bits per heavy atom. The molecule has 0 bridgehead atoms. The van der Waals surface area contributed by atoms with Gasteiger partial charge in [-0.2, -0.15) is 0 Å². The monoisotopic (exact) mass is 237 g/mol. The number of anilines is 1. The minimum absolute atomic E-state index is 0.759. The molecule has 0 fully saturated rings. The maximum atomic E-state index is 4.32. The molecule has 0 aliphatic carbocycles. The Bertz CT molecular complexity index is 442. The molecule has 1 N–H and O–H groups in total. The van der Waals surface area contributed by atoms with Crippen molar-refractivity contribution in [2.45, 2.75) is 0 Å². The number of hydrogen-bond donors (Lipinski definition) is 1. The van der Waals surface area contributed by atoms with E-state index in [1.807, 2.05) is 25.2 Å². The predicted molar refractivity (Wildman–Crippen MR) is 56.8 cm³/mol. The summed E-state index contributed by atoms with van der Waals surface area (Å²) in [7, 11) is 1.84. The van der Waals surface area contributed by atoms with Gasteiger partial charge in [-0.25, -0.2) is 9.97 Å². The lowest BCUT2D eigenvalue weighted by Crippen LogP contribution is -1.94. The molecule has 13 heavy (non-hydrogen) atoms. The highest BCUT2D eigenvalue weighted by atomic mass is 79.9. The molecule has 2 aromatic heterocycles. The van der Waals surface area contributed by atoms with Crippen molar-refractivity contribution >= 4 is 32.8 Å². The van der Waals surface area contributed by atoms with Crippen LogP contribution in [0.4, 0.5) is 5.82 Å². The van der Waals surface area contributed by atoms with Gasteiger partial charge in [0.2, 0.25) is 0 Å². The second kappa shape index (κ2) is 3.30. The van der Waals surface area contributed by atoms with Crippen molar-refractivity contribution in [1.82, 2.24) is 9.97 Å². The van der Waals surface area contributed by atoms with Crippen LogP contribution in [0.15, 0.2) is 28.9 Å². The zero-order chi connectivity index (χ0) is 9.26. The Hall–Kier alpha value is -1.16. The third-order valence-corrected chi connectivity index (χ3v) is 2.38. The molecule has 2 heterocycles. The molecular formula is C9H8BrN3. The van der Waals surface area contributed by atoms with Gasteiger partial charge in [0.1, 0.15) is 5.82 Å². The summed E-state index contributed by atoms with van der Waals surface area (Å²) in [6.45, 7) is 0. The van der Waals surface area contributed by atoms with Crippen molar-refractivity contribution < 1.29 is 0 Å². The summed E-state index contributed by atoms with van der Waals surface area (Å²) >= 11 is 3.42. The zero-order valence-electron chi connectivity index (χ0n) is 7.08. The van der Waals surface area contributed by atoms with Gasteiger partial charge in [0.25, 0.3) is 0 Å². The van der Waals surface area contributed by atoms with Crippen LogP contribution >= 0.6 is 15.9 Å². The van der Waals surface area contributed by atoms with Crippen LogP contribution < -0.4 is 5.32 Å². The third kappa shape index (κ3) is 1.49. The average Bonchev–Trinajstić information content (AvgIpc) is 2.17. The second-order valence-electron chi connectivity index (χ2n) is 2.62. The van der Waals surface area contributed by atoms with E-state index in [9.17, 15) is 0 Å². The van der Waals surface area contributed by atoms with Gasteiger partial charge in [-0.05, 0) is 34.1 Å². The molecule has 2 aromatic rings. The van der Waals surface area contributed by atoms with Crippen molar-refractivity contribution in [3.63, 3.8) is 0 Å². The second-order valence-corrected chi connectivity index (χ2v) is 3.47. The number of hydrogen-bond acceptors (Lipinski definition) is 3. The largest absolute Gasteiger partial charge is 0.372 e. The first-order chi connectivity index (χ1) is 6.31. The highest BCUT2D eigenvalue weighted by molar-refractivity contribution is 9.10. The fourth-order valence-corrected chi connectivity index (χ4v) is 1.69. The van der Waals surface area contributed by atoms with Crippen LogP contribution in [0.3, 0.4) is 0 Å². The van der Waals surface area contributed by atoms with Crippen LogP contribution in [-0.2, 0) is 0 Å². The number of pyridine rings is 2. The van der Waals surface area contributed by atoms with Crippen LogP contribution in [-0.4, -0.2) is 17.0 Å². The number of halogens is 1. The Labute approximate surface area is 84.3 Å². The smallest absolute Gasteiger partial charge is 0.161 e. The number of nitrogens with zero attached hydrogens (tertiary/aromatic N) is 2. The maximum Gasteiger partial charge on any atom is 0.161 e. The molecule has 2 rings (SSSR count). The van der Waals surface area contributed by atoms with E-state index in [1.165, 1.54) is 0 Å². The first kappa shape index (κ1) is 8.44. The van der Waals surface area contributed by atoms with Crippen molar-refractivity contribution in [3.05, 3.63) is 28.9 Å². The minimum atomic E-state index is 0.759. The van der Waals surface area contributed by atoms with Gasteiger partial charge in [-0.3, -0.25) is 0 Å². The van der Waals surface area contributed by atoms with Gasteiger partial charge in [-0.1, -0.05) is 0 Å². The maximum absolute atomic E-state index is 4.32. The summed E-state index contributed by atoms with van der Waals surface area (Å²) < 4.78 is 0.954. The Kier molecular flexibility index (Phi) is 2.14. The van der Waals surface area contributed by atoms with E-state index in [2.05, 4.69) is 31.2 Å². The van der Waals surface area contributed by atoms with E-state index in [1.54, 1.807) is 6.20 Å². The van der Waals surface area contributed by atoms with Crippen LogP contribution in [0.1, 0.15) is 0 Å². The van der Waals surface area contributed by atoms with E-state index >= 15 is 0 Å². The molecule has 0 spiro atoms. The first-order valence-electron chi connectivity index (χ1n) is 3.90. The summed E-state index contributed by atoms with van der Waals surface area (Å²) in [6.07, 6.45) is 1.74. The molecule has 0 aliphatic heterocycles. The molecule has 0 aliphatic rings. The number of fused-ring (bicyclic) bond motifs is 1. The Morgan fingerprint density at radius 1 is 1.46 bits per heavy atom. The standard InChI is InChI=1S/C9H8BrN3/c1-11-9-7(10)5-6-3-2-4-12-8(6)13-9/h2-5H,1H3,(H,11,12,13). The van der Waals surface area contributed by atoms with E-state index in [-0.39, 0.29) is 0 Å². The fourth-order valence-electron chi connectivity index (χ4n) is 1.15. The Morgan fingerprint density at radius 2 is 2.31 bits per heavy atom. The number of rotatable bonds is 1. The molecule has 4 heteroatoms. The first-order valence-corrected chi connectivity index (χ1v) is 4.69. The quantitative estimate of drug-likeness (QED) is 0.829. The fraction of sp³-hybridized carbons (Fsp3) is 0.111. The minimum Gasteiger partial charge on any atom is -0.372 e. The molecule has 0 aromatic carbocycles. The SMILES string of the molecule is CNc1nc2ncccc2cc1Br. The Balaban J connectivity index is 2.74. The van der Waals surface area contributed by atoms with Gasteiger partial charge < -0.3 is 5.32 Å². The van der Waals surface area contributed by atoms with Crippen molar-refractivity contribution in [2.24, 2.45) is 0 Å². The highest BCUT2D eigenvalue weighted by Gasteiger charge is 2.02. The molecule has 66 valence electrons. The lowest BCUT2D eigenvalue weighted by Gasteiger charge is -2.03. The molecule has 0 amide bonds. The average molecular weight is 238 g/mol. The third-order valence-electron chi connectivity index (χ3n) is 1.78. The van der Waals surface area contributed by atoms with Gasteiger partial charge in [0, 0.05) is 18.6 Å². The molecule has 0 unspecified atom stereocenters. The highest BCUT2D eigenvalue weighted by Crippen LogP contribution is 2.23. The van der Waals surface area contributed by atoms with Crippen LogP contribution in [0.5, 0.6) is 0 Å². The normalized spacial score (nSPS) is 10.3. The van der Waals surface area contributed by atoms with E-state index in [0.29, 0.717) is 0 Å². The van der Waals surface area contributed by atoms with E-state index < -0.39 is 0 Å². The lowest BCUT2D eigenvalue weighted by atomic mass is 10.3. The number of nitrogens with one attached hydrogen (secondary N) is 1. The van der Waals surface area contributed by atoms with Crippen LogP contribution in [0, 0.1) is 0 Å². The summed E-state index contributed by atoms with van der Waals surface area (Å²) in [5.41, 5.74) is 0.759. The van der Waals surface area contributed by atoms with Gasteiger partial charge in [0.05, 0.1) is 4.47 Å². The molecular weight excluding hydrogens is 230 g/mol. The predicted octanol–water partition coefficient (Wildman–Crippen LogP) is 2.43. The van der Waals surface area contributed by atoms with Crippen molar-refractivity contribution in [3.8, 4) is 0 Å². The summed E-state index contributed by atoms with van der Waals surface area (Å²) in [4.78, 5) is 8.48. The van der Waals surface area contributed by atoms with E-state index in [0.717, 1.165) is 21.3 Å². The zero-order valence-corrected chi connectivity index (χ0v) is 8.67. The van der Waals surface area contributed by atoms with Crippen LogP contribution in [0.25, 0.3) is 11.0 Å². The molecule has 0 saturated heterocycles. The topological polar surface area (TPSA) is 37.8 Å². The number of aromatic nitrogens is 2. The van der Waals surface area contributed by atoms with Gasteiger partial charge in [0.15, 0.2) is 5.65 Å². The molecule has 3 nitrogen and oxygen atoms in total. The molecule has 0 radical (unpaired) electrons. The van der Waals surface area contributed by atoms with Crippen molar-refractivity contribution in [1.29, 1.82) is 0 Å². The van der Waals surface area contributed by atoms with Crippen molar-refractivity contribution in [2.75, 3.05) is 12.4 Å². The van der Waals surface area contributed by atoms with Gasteiger partial charge in [-0.15, -0.1) is 0 Å². The van der Waals surface area contributed by atoms with Gasteiger partial charge >= 0.3 is 0 Å². The lowest BCUT2D eigenvalue weighted by molar-refractivity contribution is 1.26. The summed E-state index contributed by atoms with van der Waals surface area (Å²) in [5, 5.41) is 4.02. The summed E-state index contributed by atoms with van der Waals surface area (Å²) in [5.74, 6) is 0.811. The van der Waals surface area contributed by atoms with Crippen LogP contribution in [0.2, 0.25) is 0 Å². The van der Waals surface area contributed by atoms with E-state index in [4.69, 9.17) is 0 Å². The molecule has 0 saturated carbocycles.